The summed E-state index contributed by atoms with van der Waals surface area (Å²) in [5.41, 5.74) is 4.18. The summed E-state index contributed by atoms with van der Waals surface area (Å²) in [7, 11) is 0. The third-order valence-electron chi connectivity index (χ3n) is 4.95. The van der Waals surface area contributed by atoms with E-state index in [1.165, 1.54) is 0 Å². The van der Waals surface area contributed by atoms with Crippen LogP contribution in [0.3, 0.4) is 0 Å². The maximum Gasteiger partial charge on any atom is 0.359 e. The van der Waals surface area contributed by atoms with Gasteiger partial charge in [0.15, 0.2) is 5.69 Å². The number of imidazole rings is 1. The molecule has 0 bridgehead atoms. The van der Waals surface area contributed by atoms with Crippen molar-refractivity contribution in [1.82, 2.24) is 9.38 Å². The summed E-state index contributed by atoms with van der Waals surface area (Å²) in [5.74, 6) is -0.873. The van der Waals surface area contributed by atoms with Gasteiger partial charge in [0.2, 0.25) is 0 Å². The van der Waals surface area contributed by atoms with Gasteiger partial charge in [-0.25, -0.2) is 9.78 Å². The van der Waals surface area contributed by atoms with Crippen LogP contribution in [0.15, 0.2) is 60.9 Å². The van der Waals surface area contributed by atoms with Gasteiger partial charge >= 0.3 is 11.9 Å². The molecule has 0 aliphatic heterocycles. The molecule has 0 saturated heterocycles. The predicted molar refractivity (Wildman–Crippen MR) is 114 cm³/mol. The number of rotatable bonds is 6. The van der Waals surface area contributed by atoms with Gasteiger partial charge in [-0.05, 0) is 36.6 Å². The summed E-state index contributed by atoms with van der Waals surface area (Å²) < 4.78 is 12.3. The topological polar surface area (TPSA) is 69.9 Å². The van der Waals surface area contributed by atoms with Crippen molar-refractivity contribution in [1.29, 1.82) is 0 Å². The monoisotopic (exact) mass is 402 g/mol. The highest BCUT2D eigenvalue weighted by Crippen LogP contribution is 2.36. The van der Waals surface area contributed by atoms with Crippen LogP contribution in [-0.4, -0.2) is 34.5 Å². The number of hydrogen-bond acceptors (Lipinski definition) is 5. The van der Waals surface area contributed by atoms with Crippen molar-refractivity contribution in [3.8, 4) is 11.1 Å². The lowest BCUT2D eigenvalue weighted by Crippen LogP contribution is -2.12. The van der Waals surface area contributed by atoms with Crippen LogP contribution in [0.2, 0.25) is 0 Å². The number of ether oxygens (including phenoxy) is 2. The first-order chi connectivity index (χ1) is 14.7. The Bertz CT molecular complexity index is 1230. The molecule has 30 heavy (non-hydrogen) atoms. The van der Waals surface area contributed by atoms with Crippen molar-refractivity contribution in [2.45, 2.75) is 20.3 Å². The smallest absolute Gasteiger partial charge is 0.359 e. The normalized spacial score (nSPS) is 11.0. The zero-order valence-electron chi connectivity index (χ0n) is 16.9. The molecule has 0 radical (unpaired) electrons. The van der Waals surface area contributed by atoms with Crippen LogP contribution >= 0.6 is 0 Å². The number of aromatic nitrogens is 2. The molecule has 4 aromatic rings. The lowest BCUT2D eigenvalue weighted by molar-refractivity contribution is -0.142. The second kappa shape index (κ2) is 8.37. The molecule has 6 nitrogen and oxygen atoms in total. The number of fused-ring (bicyclic) bond motifs is 3. The summed E-state index contributed by atoms with van der Waals surface area (Å²) in [6.45, 7) is 4.05. The van der Waals surface area contributed by atoms with Crippen LogP contribution in [0.5, 0.6) is 0 Å². The van der Waals surface area contributed by atoms with Gasteiger partial charge < -0.3 is 9.47 Å². The first-order valence-corrected chi connectivity index (χ1v) is 9.94. The van der Waals surface area contributed by atoms with Gasteiger partial charge in [-0.2, -0.15) is 0 Å². The number of nitrogens with zero attached hydrogens (tertiary/aromatic N) is 2. The van der Waals surface area contributed by atoms with Crippen molar-refractivity contribution in [2.75, 3.05) is 13.2 Å². The highest BCUT2D eigenvalue weighted by molar-refractivity contribution is 6.06. The second-order valence-electron chi connectivity index (χ2n) is 6.75. The fourth-order valence-corrected chi connectivity index (χ4v) is 3.81. The average Bonchev–Trinajstić information content (AvgIpc) is 3.20. The van der Waals surface area contributed by atoms with E-state index < -0.39 is 5.97 Å². The molecule has 0 fully saturated rings. The Morgan fingerprint density at radius 2 is 1.63 bits per heavy atom. The maximum atomic E-state index is 12.7. The van der Waals surface area contributed by atoms with Gasteiger partial charge in [-0.1, -0.05) is 48.5 Å². The largest absolute Gasteiger partial charge is 0.466 e. The van der Waals surface area contributed by atoms with Crippen molar-refractivity contribution in [3.05, 3.63) is 72.2 Å². The minimum absolute atomic E-state index is 0.0184. The predicted octanol–water partition coefficient (Wildman–Crippen LogP) is 4.44. The molecule has 0 unspecified atom stereocenters. The van der Waals surface area contributed by atoms with Crippen LogP contribution in [0, 0.1) is 0 Å². The van der Waals surface area contributed by atoms with E-state index in [1.54, 1.807) is 20.2 Å². The molecule has 2 aromatic carbocycles. The van der Waals surface area contributed by atoms with Gasteiger partial charge in [0.05, 0.1) is 30.7 Å². The van der Waals surface area contributed by atoms with E-state index in [4.69, 9.17) is 9.47 Å². The van der Waals surface area contributed by atoms with E-state index in [2.05, 4.69) is 4.98 Å². The maximum absolute atomic E-state index is 12.7. The lowest BCUT2D eigenvalue weighted by atomic mass is 9.92. The van der Waals surface area contributed by atoms with Crippen molar-refractivity contribution in [3.63, 3.8) is 0 Å². The van der Waals surface area contributed by atoms with E-state index in [9.17, 15) is 9.59 Å². The molecule has 0 saturated carbocycles. The van der Waals surface area contributed by atoms with Gasteiger partial charge in [-0.3, -0.25) is 9.20 Å². The third-order valence-corrected chi connectivity index (χ3v) is 4.95. The lowest BCUT2D eigenvalue weighted by Gasteiger charge is -2.17. The molecule has 6 heteroatoms. The second-order valence-corrected chi connectivity index (χ2v) is 6.75. The fourth-order valence-electron chi connectivity index (χ4n) is 3.81. The number of para-hydroxylation sites is 1. The summed E-state index contributed by atoms with van der Waals surface area (Å²) in [6, 6.07) is 17.7. The van der Waals surface area contributed by atoms with E-state index in [-0.39, 0.29) is 31.3 Å². The van der Waals surface area contributed by atoms with Crippen LogP contribution in [0.25, 0.3) is 27.5 Å². The molecule has 4 rings (SSSR count). The van der Waals surface area contributed by atoms with Gasteiger partial charge in [0, 0.05) is 5.39 Å². The SMILES string of the molecule is CCOC(=O)Cc1c(-c2ccccc2)c2ccccc2n2cnc(C(=O)OCC)c12. The Balaban J connectivity index is 2.12. The fraction of sp³-hybridized carbons (Fsp3) is 0.208. The van der Waals surface area contributed by atoms with Crippen LogP contribution in [0.1, 0.15) is 29.9 Å². The number of benzene rings is 2. The molecule has 0 amide bonds. The standard InChI is InChI=1S/C24H22N2O4/c1-3-29-20(27)14-18-21(16-10-6-5-7-11-16)17-12-8-9-13-19(17)26-15-25-22(23(18)26)24(28)30-4-2/h5-13,15H,3-4,14H2,1-2H3. The summed E-state index contributed by atoms with van der Waals surface area (Å²) in [5, 5.41) is 0.961. The van der Waals surface area contributed by atoms with Crippen LogP contribution < -0.4 is 0 Å². The van der Waals surface area contributed by atoms with Crippen molar-refractivity contribution >= 4 is 28.4 Å². The third kappa shape index (κ3) is 3.41. The highest BCUT2D eigenvalue weighted by atomic mass is 16.5. The zero-order valence-corrected chi connectivity index (χ0v) is 16.9. The molecular weight excluding hydrogens is 380 g/mol. The molecule has 0 atom stereocenters. The molecule has 152 valence electrons. The number of carbonyl (C=O) groups excluding carboxylic acids is 2. The summed E-state index contributed by atoms with van der Waals surface area (Å²) >= 11 is 0. The molecular formula is C24H22N2O4. The van der Waals surface area contributed by atoms with E-state index in [0.29, 0.717) is 11.1 Å². The molecule has 0 N–H and O–H groups in total. The first kappa shape index (κ1) is 19.6. The van der Waals surface area contributed by atoms with Gasteiger partial charge in [-0.15, -0.1) is 0 Å². The Morgan fingerprint density at radius 3 is 2.37 bits per heavy atom. The zero-order chi connectivity index (χ0) is 21.1. The molecule has 2 aromatic heterocycles. The Morgan fingerprint density at radius 1 is 0.933 bits per heavy atom. The minimum atomic E-state index is -0.514. The summed E-state index contributed by atoms with van der Waals surface area (Å²) in [4.78, 5) is 29.5. The molecule has 0 spiro atoms. The number of pyridine rings is 1. The molecule has 2 heterocycles. The van der Waals surface area contributed by atoms with Crippen molar-refractivity contribution in [2.24, 2.45) is 0 Å². The van der Waals surface area contributed by atoms with Crippen LogP contribution in [-0.2, 0) is 20.7 Å². The quantitative estimate of drug-likeness (QED) is 0.446. The molecule has 0 aliphatic rings. The Kier molecular flexibility index (Phi) is 5.48. The van der Waals surface area contributed by atoms with Gasteiger partial charge in [0.25, 0.3) is 0 Å². The Hall–Kier alpha value is -3.67. The number of carbonyl (C=O) groups is 2. The van der Waals surface area contributed by atoms with Crippen molar-refractivity contribution < 1.29 is 19.1 Å². The summed E-state index contributed by atoms with van der Waals surface area (Å²) in [6.07, 6.45) is 1.62. The van der Waals surface area contributed by atoms with E-state index in [0.717, 1.165) is 22.0 Å². The van der Waals surface area contributed by atoms with Crippen LogP contribution in [0.4, 0.5) is 0 Å². The highest BCUT2D eigenvalue weighted by Gasteiger charge is 2.25. The number of hydrogen-bond donors (Lipinski definition) is 0. The number of esters is 2. The first-order valence-electron chi connectivity index (χ1n) is 9.94. The minimum Gasteiger partial charge on any atom is -0.466 e. The van der Waals surface area contributed by atoms with E-state index >= 15 is 0 Å². The average molecular weight is 402 g/mol. The van der Waals surface area contributed by atoms with E-state index in [1.807, 2.05) is 59.0 Å². The van der Waals surface area contributed by atoms with Gasteiger partial charge in [0.1, 0.15) is 6.33 Å². The Labute approximate surface area is 174 Å². The molecule has 0 aliphatic carbocycles.